The number of carbonyl (C=O) groups is 1. The maximum absolute atomic E-state index is 16.8. The van der Waals surface area contributed by atoms with Gasteiger partial charge in [-0.25, -0.2) is 8.78 Å². The Bertz CT molecular complexity index is 2030. The lowest BCUT2D eigenvalue weighted by Gasteiger charge is -2.34. The Morgan fingerprint density at radius 3 is 2.80 bits per heavy atom. The number of hydrogen-bond donors (Lipinski definition) is 1. The molecule has 0 radical (unpaired) electrons. The molecule has 0 unspecified atom stereocenters. The van der Waals surface area contributed by atoms with Gasteiger partial charge in [-0.05, 0) is 50.1 Å². The van der Waals surface area contributed by atoms with Crippen LogP contribution >= 0.6 is 11.6 Å². The zero-order valence-electron chi connectivity index (χ0n) is 27.6. The summed E-state index contributed by atoms with van der Waals surface area (Å²) in [6.45, 7) is 6.01. The molecule has 4 saturated heterocycles. The van der Waals surface area contributed by atoms with Gasteiger partial charge in [0.2, 0.25) is 0 Å². The first kappa shape index (κ1) is 32.1. The summed E-state index contributed by atoms with van der Waals surface area (Å²) in [4.78, 5) is 33.0. The Balaban J connectivity index is 1.16. The van der Waals surface area contributed by atoms with Crippen LogP contribution in [0.15, 0.2) is 42.6 Å². The molecule has 2 aromatic heterocycles. The Hall–Kier alpha value is -4.11. The van der Waals surface area contributed by atoms with Gasteiger partial charge < -0.3 is 19.9 Å². The number of nitrogens with one attached hydrogen (secondary N) is 1. The summed E-state index contributed by atoms with van der Waals surface area (Å²) in [7, 11) is 1.88. The highest BCUT2D eigenvalue weighted by molar-refractivity contribution is 6.36. The fraction of sp³-hybridized carbons (Fsp3) is 0.459. The smallest absolute Gasteiger partial charge is 0.319 e. The number of rotatable bonds is 6. The SMILES string of the molecule is CN(c1nc(OC[C@@]23CCCN2C[C@H](F)C3)nc2c(F)c(-c3cccc4cccc(Cl)c34)ncc12)[C@@H]1CCN(C(=O)C#CC2(C)CNC2)C1. The number of fused-ring (bicyclic) bond motifs is 3. The maximum atomic E-state index is 16.8. The molecule has 3 atom stereocenters. The zero-order chi connectivity index (χ0) is 33.9. The molecule has 254 valence electrons. The van der Waals surface area contributed by atoms with Gasteiger partial charge in [0.25, 0.3) is 5.91 Å². The monoisotopic (exact) mass is 685 g/mol. The first-order valence-corrected chi connectivity index (χ1v) is 17.3. The van der Waals surface area contributed by atoms with Crippen LogP contribution in [0.3, 0.4) is 0 Å². The normalized spacial score (nSPS) is 24.5. The van der Waals surface area contributed by atoms with Crippen LogP contribution in [0.2, 0.25) is 5.02 Å². The van der Waals surface area contributed by atoms with Crippen molar-refractivity contribution in [2.45, 2.75) is 50.4 Å². The number of carbonyl (C=O) groups excluding carboxylic acids is 1. The third-order valence-corrected chi connectivity index (χ3v) is 11.1. The molecule has 49 heavy (non-hydrogen) atoms. The molecule has 12 heteroatoms. The predicted molar refractivity (Wildman–Crippen MR) is 186 cm³/mol. The highest BCUT2D eigenvalue weighted by atomic mass is 35.5. The third-order valence-electron chi connectivity index (χ3n) is 10.8. The summed E-state index contributed by atoms with van der Waals surface area (Å²) in [5.41, 5.74) is 0.138. The Labute approximate surface area is 289 Å². The first-order valence-electron chi connectivity index (χ1n) is 16.9. The predicted octanol–water partition coefficient (Wildman–Crippen LogP) is 5.24. The topological polar surface area (TPSA) is 86.7 Å². The van der Waals surface area contributed by atoms with E-state index in [-0.39, 0.29) is 41.2 Å². The number of amides is 1. The van der Waals surface area contributed by atoms with E-state index in [0.29, 0.717) is 59.7 Å². The van der Waals surface area contributed by atoms with E-state index in [0.717, 1.165) is 37.9 Å². The van der Waals surface area contributed by atoms with Crippen molar-refractivity contribution in [1.29, 1.82) is 0 Å². The van der Waals surface area contributed by atoms with Crippen molar-refractivity contribution in [2.75, 3.05) is 57.8 Å². The molecular weight excluding hydrogens is 648 g/mol. The summed E-state index contributed by atoms with van der Waals surface area (Å²) in [6.07, 6.45) is 3.55. The van der Waals surface area contributed by atoms with Crippen molar-refractivity contribution in [3.8, 4) is 29.1 Å². The molecule has 2 aromatic carbocycles. The summed E-state index contributed by atoms with van der Waals surface area (Å²) in [5, 5.41) is 5.68. The summed E-state index contributed by atoms with van der Waals surface area (Å²) in [5.74, 6) is 5.61. The van der Waals surface area contributed by atoms with Crippen molar-refractivity contribution >= 4 is 45.0 Å². The number of anilines is 1. The Morgan fingerprint density at radius 1 is 1.18 bits per heavy atom. The molecule has 8 rings (SSSR count). The van der Waals surface area contributed by atoms with Gasteiger partial charge in [-0.2, -0.15) is 9.97 Å². The summed E-state index contributed by atoms with van der Waals surface area (Å²) in [6, 6.07) is 11.0. The number of nitrogens with zero attached hydrogens (tertiary/aromatic N) is 6. The van der Waals surface area contributed by atoms with Gasteiger partial charge in [-0.15, -0.1) is 0 Å². The molecule has 0 bridgehead atoms. The molecule has 1 amide bonds. The van der Waals surface area contributed by atoms with E-state index in [2.05, 4.69) is 32.0 Å². The number of halogens is 3. The molecule has 1 N–H and O–H groups in total. The molecule has 4 aromatic rings. The summed E-state index contributed by atoms with van der Waals surface area (Å²) < 4.78 is 37.6. The molecule has 4 aliphatic rings. The van der Waals surface area contributed by atoms with Crippen LogP contribution in [-0.2, 0) is 4.79 Å². The number of likely N-dealkylation sites (N-methyl/N-ethyl adjacent to an activating group) is 1. The van der Waals surface area contributed by atoms with E-state index in [1.165, 1.54) is 0 Å². The van der Waals surface area contributed by atoms with Crippen LogP contribution in [0.25, 0.3) is 32.9 Å². The fourth-order valence-electron chi connectivity index (χ4n) is 7.97. The van der Waals surface area contributed by atoms with Gasteiger partial charge in [-0.3, -0.25) is 14.7 Å². The first-order chi connectivity index (χ1) is 23.6. The highest BCUT2D eigenvalue weighted by Crippen LogP contribution is 2.41. The largest absolute Gasteiger partial charge is 0.461 e. The van der Waals surface area contributed by atoms with Gasteiger partial charge in [-0.1, -0.05) is 47.9 Å². The van der Waals surface area contributed by atoms with E-state index < -0.39 is 17.5 Å². The van der Waals surface area contributed by atoms with E-state index in [1.54, 1.807) is 23.2 Å². The molecule has 9 nitrogen and oxygen atoms in total. The maximum Gasteiger partial charge on any atom is 0.319 e. The van der Waals surface area contributed by atoms with Crippen LogP contribution in [0.4, 0.5) is 14.6 Å². The zero-order valence-corrected chi connectivity index (χ0v) is 28.4. The molecule has 0 saturated carbocycles. The Morgan fingerprint density at radius 2 is 2.00 bits per heavy atom. The van der Waals surface area contributed by atoms with Crippen molar-refractivity contribution in [3.63, 3.8) is 0 Å². The average Bonchev–Trinajstić information content (AvgIpc) is 3.80. The van der Waals surface area contributed by atoms with E-state index in [1.807, 2.05) is 43.1 Å². The molecular formula is C37H38ClF2N7O2. The number of aromatic nitrogens is 3. The van der Waals surface area contributed by atoms with Gasteiger partial charge in [0.05, 0.1) is 16.3 Å². The van der Waals surface area contributed by atoms with Gasteiger partial charge in [0.15, 0.2) is 5.82 Å². The van der Waals surface area contributed by atoms with Gasteiger partial charge in [0.1, 0.15) is 29.8 Å². The van der Waals surface area contributed by atoms with Crippen molar-refractivity contribution in [3.05, 3.63) is 53.4 Å². The highest BCUT2D eigenvalue weighted by Gasteiger charge is 2.49. The van der Waals surface area contributed by atoms with Crippen LogP contribution < -0.4 is 15.0 Å². The molecule has 0 aliphatic carbocycles. The number of pyridine rings is 1. The second-order valence-electron chi connectivity index (χ2n) is 14.2. The van der Waals surface area contributed by atoms with Crippen LogP contribution in [0, 0.1) is 23.1 Å². The van der Waals surface area contributed by atoms with E-state index in [9.17, 15) is 9.18 Å². The van der Waals surface area contributed by atoms with Gasteiger partial charge >= 0.3 is 6.01 Å². The van der Waals surface area contributed by atoms with E-state index in [4.69, 9.17) is 21.3 Å². The number of likely N-dealkylation sites (tertiary alicyclic amines) is 1. The standard InChI is InChI=1S/C37H38ClF2N7O2/c1-36(20-41-21-36)13-10-29(48)46-15-11-25(19-46)45(2)34-27-17-42-32(26-8-3-6-23-7-4-9-28(38)30(23)26)31(40)33(27)43-35(44-34)49-22-37-12-5-14-47(37)18-24(39)16-37/h3-4,6-9,17,24-25,41H,5,11-12,14-16,18-22H2,1-2H3/t24-,25-,37+/m1/s1. The summed E-state index contributed by atoms with van der Waals surface area (Å²) >= 11 is 6.62. The lowest BCUT2D eigenvalue weighted by Crippen LogP contribution is -2.50. The van der Waals surface area contributed by atoms with Crippen molar-refractivity contribution < 1.29 is 18.3 Å². The number of ether oxygens (including phenoxy) is 1. The fourth-order valence-corrected chi connectivity index (χ4v) is 8.25. The number of benzene rings is 2. The van der Waals surface area contributed by atoms with Gasteiger partial charge in [0, 0.05) is 74.4 Å². The molecule has 4 fully saturated rings. The minimum Gasteiger partial charge on any atom is -0.461 e. The Kier molecular flexibility index (Phi) is 8.09. The van der Waals surface area contributed by atoms with Crippen LogP contribution in [0.1, 0.15) is 32.6 Å². The second-order valence-corrected chi connectivity index (χ2v) is 14.6. The quantitative estimate of drug-likeness (QED) is 0.276. The minimum absolute atomic E-state index is 0.0176. The average molecular weight is 686 g/mol. The lowest BCUT2D eigenvalue weighted by molar-refractivity contribution is -0.124. The molecule has 0 spiro atoms. The van der Waals surface area contributed by atoms with Crippen molar-refractivity contribution in [1.82, 2.24) is 30.1 Å². The number of alkyl halides is 1. The lowest BCUT2D eigenvalue weighted by atomic mass is 9.85. The second kappa shape index (κ2) is 12.3. The van der Waals surface area contributed by atoms with Crippen LogP contribution in [0.5, 0.6) is 6.01 Å². The van der Waals surface area contributed by atoms with Crippen molar-refractivity contribution in [2.24, 2.45) is 5.41 Å². The van der Waals surface area contributed by atoms with Crippen LogP contribution in [-0.4, -0.2) is 101 Å². The molecule has 4 aliphatic heterocycles. The molecule has 6 heterocycles. The minimum atomic E-state index is -0.910. The number of hydrogen-bond acceptors (Lipinski definition) is 8. The van der Waals surface area contributed by atoms with E-state index >= 15 is 4.39 Å². The third kappa shape index (κ3) is 5.73.